The van der Waals surface area contributed by atoms with Gasteiger partial charge in [0, 0.05) is 10.8 Å². The van der Waals surface area contributed by atoms with Crippen LogP contribution in [0.1, 0.15) is 35.5 Å². The molecule has 88 valence electrons. The fraction of sp³-hybridized carbons (Fsp3) is 0.455. The van der Waals surface area contributed by atoms with Gasteiger partial charge in [-0.05, 0) is 19.4 Å². The summed E-state index contributed by atoms with van der Waals surface area (Å²) in [6.45, 7) is 5.55. The number of aromatic carboxylic acids is 1. The fourth-order valence-electron chi connectivity index (χ4n) is 1.19. The molecule has 1 aromatic rings. The fourth-order valence-corrected chi connectivity index (χ4v) is 2.09. The van der Waals surface area contributed by atoms with Crippen molar-refractivity contribution in [1.29, 1.82) is 0 Å². The Bertz CT molecular complexity index is 411. The van der Waals surface area contributed by atoms with Gasteiger partial charge in [0.1, 0.15) is 5.00 Å². The number of aryl methyl sites for hydroxylation is 1. The molecular formula is C11H15NO3S. The molecule has 0 spiro atoms. The van der Waals surface area contributed by atoms with E-state index >= 15 is 0 Å². The standard InChI is InChI=1S/C11H15NO3S/c1-4-6(2)9(13)12-10-8(11(14)15)5-7(3)16-10/h5-6H,4H2,1-3H3,(H,12,13)(H,14,15). The summed E-state index contributed by atoms with van der Waals surface area (Å²) in [5.74, 6) is -1.25. The van der Waals surface area contributed by atoms with Gasteiger partial charge in [-0.1, -0.05) is 13.8 Å². The summed E-state index contributed by atoms with van der Waals surface area (Å²) in [6, 6.07) is 1.57. The van der Waals surface area contributed by atoms with Crippen LogP contribution in [0.2, 0.25) is 0 Å². The first-order chi connectivity index (χ1) is 7.45. The average molecular weight is 241 g/mol. The number of carboxylic acid groups (broad SMARTS) is 1. The lowest BCUT2D eigenvalue weighted by Crippen LogP contribution is -2.20. The molecule has 1 heterocycles. The molecule has 0 bridgehead atoms. The lowest BCUT2D eigenvalue weighted by atomic mass is 10.1. The highest BCUT2D eigenvalue weighted by atomic mass is 32.1. The second kappa shape index (κ2) is 5.12. The highest BCUT2D eigenvalue weighted by Crippen LogP contribution is 2.28. The molecule has 0 aromatic carbocycles. The molecular weight excluding hydrogens is 226 g/mol. The topological polar surface area (TPSA) is 66.4 Å². The number of nitrogens with one attached hydrogen (secondary N) is 1. The van der Waals surface area contributed by atoms with Crippen molar-refractivity contribution in [3.63, 3.8) is 0 Å². The Kier molecular flexibility index (Phi) is 4.06. The molecule has 0 aliphatic heterocycles. The van der Waals surface area contributed by atoms with Crippen LogP contribution in [0.4, 0.5) is 5.00 Å². The quantitative estimate of drug-likeness (QED) is 0.851. The number of carboxylic acids is 1. The molecule has 2 N–H and O–H groups in total. The predicted octanol–water partition coefficient (Wildman–Crippen LogP) is 2.74. The van der Waals surface area contributed by atoms with Gasteiger partial charge in [-0.15, -0.1) is 11.3 Å². The number of amides is 1. The summed E-state index contributed by atoms with van der Waals surface area (Å²) in [4.78, 5) is 23.4. The predicted molar refractivity (Wildman–Crippen MR) is 64.1 cm³/mol. The maximum Gasteiger partial charge on any atom is 0.338 e. The van der Waals surface area contributed by atoms with Crippen LogP contribution >= 0.6 is 11.3 Å². The number of hydrogen-bond donors (Lipinski definition) is 2. The lowest BCUT2D eigenvalue weighted by Gasteiger charge is -2.08. The zero-order chi connectivity index (χ0) is 12.3. The maximum absolute atomic E-state index is 11.6. The number of carbonyl (C=O) groups is 2. The van der Waals surface area contributed by atoms with E-state index < -0.39 is 5.97 Å². The molecule has 1 amide bonds. The third-order valence-electron chi connectivity index (χ3n) is 2.38. The zero-order valence-corrected chi connectivity index (χ0v) is 10.4. The Labute approximate surface area is 98.3 Å². The maximum atomic E-state index is 11.6. The molecule has 1 unspecified atom stereocenters. The van der Waals surface area contributed by atoms with Crippen LogP contribution in [0.3, 0.4) is 0 Å². The second-order valence-electron chi connectivity index (χ2n) is 3.70. The summed E-state index contributed by atoms with van der Waals surface area (Å²) in [5, 5.41) is 12.0. The third kappa shape index (κ3) is 2.82. The third-order valence-corrected chi connectivity index (χ3v) is 3.35. The van der Waals surface area contributed by atoms with Crippen LogP contribution in [-0.4, -0.2) is 17.0 Å². The Morgan fingerprint density at radius 3 is 2.69 bits per heavy atom. The van der Waals surface area contributed by atoms with E-state index in [-0.39, 0.29) is 17.4 Å². The zero-order valence-electron chi connectivity index (χ0n) is 9.53. The van der Waals surface area contributed by atoms with E-state index in [1.807, 2.05) is 20.8 Å². The van der Waals surface area contributed by atoms with Gasteiger partial charge in [-0.2, -0.15) is 0 Å². The average Bonchev–Trinajstić information content (AvgIpc) is 2.58. The van der Waals surface area contributed by atoms with Crippen molar-refractivity contribution in [2.45, 2.75) is 27.2 Å². The number of anilines is 1. The molecule has 0 aliphatic rings. The molecule has 1 atom stereocenters. The van der Waals surface area contributed by atoms with Gasteiger partial charge in [-0.3, -0.25) is 4.79 Å². The van der Waals surface area contributed by atoms with Crippen molar-refractivity contribution < 1.29 is 14.7 Å². The summed E-state index contributed by atoms with van der Waals surface area (Å²) < 4.78 is 0. The largest absolute Gasteiger partial charge is 0.478 e. The van der Waals surface area contributed by atoms with Gasteiger partial charge in [-0.25, -0.2) is 4.79 Å². The van der Waals surface area contributed by atoms with Gasteiger partial charge in [0.25, 0.3) is 0 Å². The Balaban J connectivity index is 2.88. The number of rotatable bonds is 4. The van der Waals surface area contributed by atoms with Gasteiger partial charge >= 0.3 is 5.97 Å². The first kappa shape index (κ1) is 12.7. The molecule has 0 saturated heterocycles. The van der Waals surface area contributed by atoms with Gasteiger partial charge < -0.3 is 10.4 Å². The minimum Gasteiger partial charge on any atom is -0.478 e. The van der Waals surface area contributed by atoms with Crippen molar-refractivity contribution in [1.82, 2.24) is 0 Å². The summed E-state index contributed by atoms with van der Waals surface area (Å²) in [5.41, 5.74) is 0.166. The van der Waals surface area contributed by atoms with Crippen LogP contribution in [-0.2, 0) is 4.79 Å². The van der Waals surface area contributed by atoms with E-state index in [1.165, 1.54) is 11.3 Å². The van der Waals surface area contributed by atoms with E-state index in [2.05, 4.69) is 5.32 Å². The van der Waals surface area contributed by atoms with Crippen LogP contribution in [0, 0.1) is 12.8 Å². The molecule has 1 rings (SSSR count). The highest BCUT2D eigenvalue weighted by molar-refractivity contribution is 7.16. The molecule has 0 aliphatic carbocycles. The van der Waals surface area contributed by atoms with Gasteiger partial charge in [0.05, 0.1) is 5.56 Å². The SMILES string of the molecule is CCC(C)C(=O)Nc1sc(C)cc1C(=O)O. The van der Waals surface area contributed by atoms with Gasteiger partial charge in [0.15, 0.2) is 0 Å². The highest BCUT2D eigenvalue weighted by Gasteiger charge is 2.18. The molecule has 5 heteroatoms. The van der Waals surface area contributed by atoms with E-state index in [0.29, 0.717) is 5.00 Å². The molecule has 0 fully saturated rings. The van der Waals surface area contributed by atoms with Crippen molar-refractivity contribution in [2.75, 3.05) is 5.32 Å². The van der Waals surface area contributed by atoms with E-state index in [4.69, 9.17) is 5.11 Å². The Morgan fingerprint density at radius 2 is 2.19 bits per heavy atom. The van der Waals surface area contributed by atoms with Crippen molar-refractivity contribution >= 4 is 28.2 Å². The number of hydrogen-bond acceptors (Lipinski definition) is 3. The Morgan fingerprint density at radius 1 is 1.56 bits per heavy atom. The second-order valence-corrected chi connectivity index (χ2v) is 4.96. The Hall–Kier alpha value is -1.36. The summed E-state index contributed by atoms with van der Waals surface area (Å²) in [7, 11) is 0. The molecule has 4 nitrogen and oxygen atoms in total. The molecule has 1 aromatic heterocycles. The van der Waals surface area contributed by atoms with Crippen molar-refractivity contribution in [3.8, 4) is 0 Å². The minimum atomic E-state index is -1.01. The smallest absolute Gasteiger partial charge is 0.338 e. The van der Waals surface area contributed by atoms with Crippen molar-refractivity contribution in [3.05, 3.63) is 16.5 Å². The molecule has 0 saturated carbocycles. The molecule has 0 radical (unpaired) electrons. The summed E-state index contributed by atoms with van der Waals surface area (Å²) >= 11 is 1.29. The van der Waals surface area contributed by atoms with Gasteiger partial charge in [0.2, 0.25) is 5.91 Å². The number of thiophene rings is 1. The van der Waals surface area contributed by atoms with Crippen LogP contribution in [0.5, 0.6) is 0 Å². The van der Waals surface area contributed by atoms with E-state index in [1.54, 1.807) is 6.07 Å². The first-order valence-electron chi connectivity index (χ1n) is 5.10. The summed E-state index contributed by atoms with van der Waals surface area (Å²) in [6.07, 6.45) is 0.735. The monoisotopic (exact) mass is 241 g/mol. The lowest BCUT2D eigenvalue weighted by molar-refractivity contribution is -0.119. The number of carbonyl (C=O) groups excluding carboxylic acids is 1. The van der Waals surface area contributed by atoms with Crippen LogP contribution < -0.4 is 5.32 Å². The van der Waals surface area contributed by atoms with Crippen molar-refractivity contribution in [2.24, 2.45) is 5.92 Å². The first-order valence-corrected chi connectivity index (χ1v) is 5.92. The van der Waals surface area contributed by atoms with E-state index in [0.717, 1.165) is 11.3 Å². The minimum absolute atomic E-state index is 0.107. The van der Waals surface area contributed by atoms with E-state index in [9.17, 15) is 9.59 Å². The normalized spacial score (nSPS) is 12.2. The van der Waals surface area contributed by atoms with Crippen LogP contribution in [0.25, 0.3) is 0 Å². The molecule has 16 heavy (non-hydrogen) atoms. The van der Waals surface area contributed by atoms with Crippen LogP contribution in [0.15, 0.2) is 6.07 Å².